The second kappa shape index (κ2) is 6.36. The second-order valence-electron chi connectivity index (χ2n) is 5.68. The lowest BCUT2D eigenvalue weighted by atomic mass is 10.0. The lowest BCUT2D eigenvalue weighted by Crippen LogP contribution is -2.53. The molecular weight excluding hydrogens is 277 g/mol. The van der Waals surface area contributed by atoms with Gasteiger partial charge in [0, 0.05) is 25.2 Å². The smallest absolute Gasteiger partial charge is 0.295 e. The number of hydrogen-bond acceptors (Lipinski definition) is 5. The van der Waals surface area contributed by atoms with Gasteiger partial charge in [-0.2, -0.15) is 0 Å². The number of rotatable bonds is 5. The zero-order chi connectivity index (χ0) is 15.5. The van der Waals surface area contributed by atoms with E-state index in [1.54, 1.807) is 0 Å². The first-order valence-electron chi connectivity index (χ1n) is 6.91. The van der Waals surface area contributed by atoms with Crippen LogP contribution in [0.4, 0.5) is 15.8 Å². The number of morpholine rings is 1. The van der Waals surface area contributed by atoms with Crippen LogP contribution in [0.1, 0.15) is 13.8 Å². The average molecular weight is 297 g/mol. The van der Waals surface area contributed by atoms with Crippen molar-refractivity contribution in [3.63, 3.8) is 0 Å². The molecule has 2 rings (SSSR count). The van der Waals surface area contributed by atoms with Crippen molar-refractivity contribution in [3.8, 4) is 0 Å². The van der Waals surface area contributed by atoms with Gasteiger partial charge in [0.2, 0.25) is 0 Å². The minimum absolute atomic E-state index is 0.175. The molecule has 0 aliphatic carbocycles. The number of halogens is 1. The maximum Gasteiger partial charge on any atom is 0.295 e. The number of nitrogens with one attached hydrogen (secondary N) is 1. The molecule has 0 amide bonds. The zero-order valence-corrected chi connectivity index (χ0v) is 12.3. The van der Waals surface area contributed by atoms with E-state index in [4.69, 9.17) is 4.74 Å². The van der Waals surface area contributed by atoms with Crippen molar-refractivity contribution in [1.29, 1.82) is 0 Å². The molecule has 0 radical (unpaired) electrons. The fraction of sp³-hybridized carbons (Fsp3) is 0.571. The van der Waals surface area contributed by atoms with Crippen LogP contribution in [0.3, 0.4) is 0 Å². The van der Waals surface area contributed by atoms with Crippen molar-refractivity contribution in [2.75, 3.05) is 38.2 Å². The van der Waals surface area contributed by atoms with E-state index in [1.165, 1.54) is 12.1 Å². The molecule has 0 spiro atoms. The van der Waals surface area contributed by atoms with Crippen LogP contribution in [-0.2, 0) is 4.74 Å². The molecule has 0 atom stereocenters. The lowest BCUT2D eigenvalue weighted by Gasteiger charge is -2.41. The summed E-state index contributed by atoms with van der Waals surface area (Å²) in [6, 6.07) is 3.56. The van der Waals surface area contributed by atoms with Gasteiger partial charge in [-0.15, -0.1) is 0 Å². The van der Waals surface area contributed by atoms with Gasteiger partial charge in [0.1, 0.15) is 11.5 Å². The maximum atomic E-state index is 13.1. The Morgan fingerprint density at radius 3 is 2.71 bits per heavy atom. The molecule has 1 aromatic carbocycles. The van der Waals surface area contributed by atoms with Gasteiger partial charge < -0.3 is 10.1 Å². The van der Waals surface area contributed by atoms with Crippen molar-refractivity contribution in [2.24, 2.45) is 0 Å². The summed E-state index contributed by atoms with van der Waals surface area (Å²) >= 11 is 0. The molecule has 0 bridgehead atoms. The molecular formula is C14H20FN3O3. The number of nitrogens with zero attached hydrogens (tertiary/aromatic N) is 2. The molecule has 1 saturated heterocycles. The summed E-state index contributed by atoms with van der Waals surface area (Å²) in [6.07, 6.45) is 0. The third kappa shape index (κ3) is 3.89. The van der Waals surface area contributed by atoms with Gasteiger partial charge in [-0.25, -0.2) is 4.39 Å². The van der Waals surface area contributed by atoms with Gasteiger partial charge in [0.05, 0.1) is 24.2 Å². The van der Waals surface area contributed by atoms with Crippen molar-refractivity contribution in [1.82, 2.24) is 4.90 Å². The van der Waals surface area contributed by atoms with Crippen LogP contribution < -0.4 is 5.32 Å². The lowest BCUT2D eigenvalue weighted by molar-refractivity contribution is -0.384. The van der Waals surface area contributed by atoms with Crippen LogP contribution in [0, 0.1) is 15.9 Å². The largest absolute Gasteiger partial charge is 0.379 e. The summed E-state index contributed by atoms with van der Waals surface area (Å²) in [7, 11) is 0. The van der Waals surface area contributed by atoms with Gasteiger partial charge in [-0.3, -0.25) is 15.0 Å². The quantitative estimate of drug-likeness (QED) is 0.667. The Balaban J connectivity index is 2.06. The van der Waals surface area contributed by atoms with Gasteiger partial charge in [0.25, 0.3) is 5.69 Å². The Morgan fingerprint density at radius 2 is 2.10 bits per heavy atom. The number of anilines is 1. The molecule has 1 N–H and O–H groups in total. The molecule has 6 nitrogen and oxygen atoms in total. The van der Waals surface area contributed by atoms with E-state index < -0.39 is 10.7 Å². The monoisotopic (exact) mass is 297 g/mol. The van der Waals surface area contributed by atoms with Crippen molar-refractivity contribution < 1.29 is 14.1 Å². The first-order chi connectivity index (χ1) is 9.90. The topological polar surface area (TPSA) is 67.6 Å². The highest BCUT2D eigenvalue weighted by Gasteiger charge is 2.28. The maximum absolute atomic E-state index is 13.1. The van der Waals surface area contributed by atoms with Crippen molar-refractivity contribution in [2.45, 2.75) is 19.4 Å². The Bertz CT molecular complexity index is 516. The number of nitro benzene ring substituents is 1. The van der Waals surface area contributed by atoms with E-state index in [1.807, 2.05) is 0 Å². The van der Waals surface area contributed by atoms with Gasteiger partial charge in [-0.05, 0) is 26.0 Å². The third-order valence-electron chi connectivity index (χ3n) is 3.74. The van der Waals surface area contributed by atoms with Gasteiger partial charge in [-0.1, -0.05) is 0 Å². The summed E-state index contributed by atoms with van der Waals surface area (Å²) < 4.78 is 18.4. The van der Waals surface area contributed by atoms with Gasteiger partial charge >= 0.3 is 0 Å². The minimum Gasteiger partial charge on any atom is -0.379 e. The first-order valence-corrected chi connectivity index (χ1v) is 6.91. The van der Waals surface area contributed by atoms with Crippen molar-refractivity contribution >= 4 is 11.4 Å². The summed E-state index contributed by atoms with van der Waals surface area (Å²) in [5.41, 5.74) is -0.0815. The standard InChI is InChI=1S/C14H20FN3O3/c1-14(2,17-5-7-21-8-6-17)10-16-12-4-3-11(15)9-13(12)18(19)20/h3-4,9,16H,5-8,10H2,1-2H3. The average Bonchev–Trinajstić information content (AvgIpc) is 2.47. The van der Waals surface area contributed by atoms with E-state index in [0.717, 1.165) is 19.2 Å². The van der Waals surface area contributed by atoms with Crippen LogP contribution in [-0.4, -0.2) is 48.2 Å². The Labute approximate surface area is 123 Å². The van der Waals surface area contributed by atoms with Crippen LogP contribution in [0.5, 0.6) is 0 Å². The van der Waals surface area contributed by atoms with E-state index in [0.29, 0.717) is 25.4 Å². The Morgan fingerprint density at radius 1 is 1.43 bits per heavy atom. The summed E-state index contributed by atoms with van der Waals surface area (Å²) in [5.74, 6) is -0.611. The number of hydrogen-bond donors (Lipinski definition) is 1. The van der Waals surface area contributed by atoms with E-state index in [9.17, 15) is 14.5 Å². The van der Waals surface area contributed by atoms with E-state index in [2.05, 4.69) is 24.1 Å². The predicted octanol–water partition coefficient (Wildman–Crippen LogP) is 2.26. The molecule has 0 unspecified atom stereocenters. The number of ether oxygens (including phenoxy) is 1. The molecule has 0 saturated carbocycles. The minimum atomic E-state index is -0.611. The zero-order valence-electron chi connectivity index (χ0n) is 12.3. The molecule has 116 valence electrons. The normalized spacial score (nSPS) is 16.7. The van der Waals surface area contributed by atoms with E-state index in [-0.39, 0.29) is 11.2 Å². The molecule has 1 heterocycles. The highest BCUT2D eigenvalue weighted by atomic mass is 19.1. The number of benzene rings is 1. The van der Waals surface area contributed by atoms with Crippen LogP contribution in [0.2, 0.25) is 0 Å². The van der Waals surface area contributed by atoms with Crippen LogP contribution in [0.15, 0.2) is 18.2 Å². The fourth-order valence-corrected chi connectivity index (χ4v) is 2.40. The molecule has 7 heteroatoms. The SMILES string of the molecule is CC(C)(CNc1ccc(F)cc1[N+](=O)[O-])N1CCOCC1. The molecule has 1 fully saturated rings. The molecule has 21 heavy (non-hydrogen) atoms. The van der Waals surface area contributed by atoms with Crippen LogP contribution >= 0.6 is 0 Å². The second-order valence-corrected chi connectivity index (χ2v) is 5.68. The Hall–Kier alpha value is -1.73. The first kappa shape index (κ1) is 15.7. The molecule has 1 aliphatic rings. The van der Waals surface area contributed by atoms with Crippen molar-refractivity contribution in [3.05, 3.63) is 34.1 Å². The van der Waals surface area contributed by atoms with Crippen LogP contribution in [0.25, 0.3) is 0 Å². The summed E-state index contributed by atoms with van der Waals surface area (Å²) in [4.78, 5) is 12.7. The highest BCUT2D eigenvalue weighted by Crippen LogP contribution is 2.26. The highest BCUT2D eigenvalue weighted by molar-refractivity contribution is 5.61. The van der Waals surface area contributed by atoms with Gasteiger partial charge in [0.15, 0.2) is 0 Å². The molecule has 1 aromatic rings. The summed E-state index contributed by atoms with van der Waals surface area (Å²) in [5, 5.41) is 14.0. The molecule has 0 aromatic heterocycles. The number of nitro groups is 1. The van der Waals surface area contributed by atoms with E-state index >= 15 is 0 Å². The summed E-state index contributed by atoms with van der Waals surface area (Å²) in [6.45, 7) is 7.72. The fourth-order valence-electron chi connectivity index (χ4n) is 2.40. The Kier molecular flexibility index (Phi) is 4.74. The third-order valence-corrected chi connectivity index (χ3v) is 3.74. The molecule has 1 aliphatic heterocycles. The predicted molar refractivity (Wildman–Crippen MR) is 78.0 cm³/mol.